The molecule has 2 aromatic carbocycles. The van der Waals surface area contributed by atoms with Crippen LogP contribution in [0, 0.1) is 6.92 Å². The first-order valence-corrected chi connectivity index (χ1v) is 10.1. The Balaban J connectivity index is 1.54. The molecule has 0 spiro atoms. The van der Waals surface area contributed by atoms with Crippen LogP contribution in [0.25, 0.3) is 0 Å². The van der Waals surface area contributed by atoms with E-state index in [2.05, 4.69) is 10.6 Å². The summed E-state index contributed by atoms with van der Waals surface area (Å²) in [5.41, 5.74) is 3.70. The fraction of sp³-hybridized carbons (Fsp3) is 0.316. The average molecular weight is 358 g/mol. The molecule has 25 heavy (non-hydrogen) atoms. The molecule has 0 saturated carbocycles. The molecule has 1 aliphatic rings. The number of carbonyl (C=O) groups is 1. The number of carbonyl (C=O) groups excluding carboxylic acids is 1. The highest BCUT2D eigenvalue weighted by atomic mass is 32.2. The van der Waals surface area contributed by atoms with Gasteiger partial charge in [0, 0.05) is 17.4 Å². The van der Waals surface area contributed by atoms with Crippen molar-refractivity contribution in [2.75, 3.05) is 22.1 Å². The maximum absolute atomic E-state index is 12.1. The normalized spacial score (nSPS) is 18.7. The largest absolute Gasteiger partial charge is 0.381 e. The number of amides is 1. The van der Waals surface area contributed by atoms with Gasteiger partial charge in [0.25, 0.3) is 0 Å². The van der Waals surface area contributed by atoms with Gasteiger partial charge in [-0.05, 0) is 43.2 Å². The van der Waals surface area contributed by atoms with Crippen LogP contribution in [0.3, 0.4) is 0 Å². The number of benzene rings is 2. The lowest BCUT2D eigenvalue weighted by Crippen LogP contribution is -2.20. The fourth-order valence-electron chi connectivity index (χ4n) is 3.01. The Morgan fingerprint density at radius 3 is 2.48 bits per heavy atom. The van der Waals surface area contributed by atoms with E-state index in [0.29, 0.717) is 12.8 Å². The van der Waals surface area contributed by atoms with Crippen LogP contribution >= 0.6 is 0 Å². The number of sulfone groups is 1. The maximum atomic E-state index is 12.1. The Morgan fingerprint density at radius 2 is 1.84 bits per heavy atom. The molecule has 2 N–H and O–H groups in total. The summed E-state index contributed by atoms with van der Waals surface area (Å²) in [5.74, 6) is 0.368. The van der Waals surface area contributed by atoms with E-state index in [9.17, 15) is 13.2 Å². The molecule has 2 aromatic rings. The van der Waals surface area contributed by atoms with E-state index >= 15 is 0 Å². The molecular formula is C19H22N2O3S. The lowest BCUT2D eigenvalue weighted by atomic mass is 10.1. The average Bonchev–Trinajstić information content (AvgIpc) is 2.88. The zero-order chi connectivity index (χ0) is 17.9. The standard InChI is InChI=1S/C19H22N2O3S/c1-14-3-2-4-15(11-14)12-19(22)21-17-7-5-16(6-8-17)20-18-9-10-25(23,24)13-18/h2-8,11,18,20H,9-10,12-13H2,1H3,(H,21,22). The van der Waals surface area contributed by atoms with E-state index < -0.39 is 9.84 Å². The van der Waals surface area contributed by atoms with Crippen LogP contribution in [0.2, 0.25) is 0 Å². The molecule has 1 aliphatic heterocycles. The molecule has 1 unspecified atom stereocenters. The van der Waals surface area contributed by atoms with Gasteiger partial charge in [0.2, 0.25) is 5.91 Å². The molecule has 1 fully saturated rings. The first kappa shape index (κ1) is 17.5. The van der Waals surface area contributed by atoms with Crippen molar-refractivity contribution in [1.82, 2.24) is 0 Å². The van der Waals surface area contributed by atoms with Gasteiger partial charge in [-0.25, -0.2) is 8.42 Å². The van der Waals surface area contributed by atoms with Crippen molar-refractivity contribution >= 4 is 27.1 Å². The Morgan fingerprint density at radius 1 is 1.12 bits per heavy atom. The predicted molar refractivity (Wildman–Crippen MR) is 101 cm³/mol. The van der Waals surface area contributed by atoms with Gasteiger partial charge < -0.3 is 10.6 Å². The first-order valence-electron chi connectivity index (χ1n) is 8.32. The molecule has 3 rings (SSSR count). The summed E-state index contributed by atoms with van der Waals surface area (Å²) in [5, 5.41) is 6.11. The monoisotopic (exact) mass is 358 g/mol. The van der Waals surface area contributed by atoms with Crippen molar-refractivity contribution < 1.29 is 13.2 Å². The van der Waals surface area contributed by atoms with E-state index in [1.165, 1.54) is 0 Å². The summed E-state index contributed by atoms with van der Waals surface area (Å²) < 4.78 is 23.0. The predicted octanol–water partition coefficient (Wildman–Crippen LogP) is 2.78. The van der Waals surface area contributed by atoms with Gasteiger partial charge in [0.15, 0.2) is 9.84 Å². The van der Waals surface area contributed by atoms with Crippen LogP contribution in [0.15, 0.2) is 48.5 Å². The lowest BCUT2D eigenvalue weighted by molar-refractivity contribution is -0.115. The first-order chi connectivity index (χ1) is 11.9. The van der Waals surface area contributed by atoms with Gasteiger partial charge >= 0.3 is 0 Å². The molecule has 1 atom stereocenters. The van der Waals surface area contributed by atoms with E-state index in [1.807, 2.05) is 55.5 Å². The Kier molecular flexibility index (Phi) is 5.08. The highest BCUT2D eigenvalue weighted by Crippen LogP contribution is 2.19. The third-order valence-corrected chi connectivity index (χ3v) is 5.99. The zero-order valence-electron chi connectivity index (χ0n) is 14.2. The minimum Gasteiger partial charge on any atom is -0.381 e. The number of hydrogen-bond acceptors (Lipinski definition) is 4. The number of hydrogen-bond donors (Lipinski definition) is 2. The number of nitrogens with one attached hydrogen (secondary N) is 2. The van der Waals surface area contributed by atoms with Gasteiger partial charge in [0.05, 0.1) is 17.9 Å². The fourth-order valence-corrected chi connectivity index (χ4v) is 4.68. The van der Waals surface area contributed by atoms with Crippen molar-refractivity contribution in [2.24, 2.45) is 0 Å². The van der Waals surface area contributed by atoms with Crippen LogP contribution < -0.4 is 10.6 Å². The number of rotatable bonds is 5. The summed E-state index contributed by atoms with van der Waals surface area (Å²) >= 11 is 0. The quantitative estimate of drug-likeness (QED) is 0.862. The van der Waals surface area contributed by atoms with Gasteiger partial charge in [0.1, 0.15) is 0 Å². The van der Waals surface area contributed by atoms with Gasteiger partial charge in [-0.3, -0.25) is 4.79 Å². The molecular weight excluding hydrogens is 336 g/mol. The second-order valence-corrected chi connectivity index (χ2v) is 8.76. The van der Waals surface area contributed by atoms with E-state index in [1.54, 1.807) is 0 Å². The molecule has 1 saturated heterocycles. The van der Waals surface area contributed by atoms with E-state index in [4.69, 9.17) is 0 Å². The number of aryl methyl sites for hydroxylation is 1. The Hall–Kier alpha value is -2.34. The van der Waals surface area contributed by atoms with E-state index in [-0.39, 0.29) is 23.5 Å². The Labute approximate surface area is 148 Å². The smallest absolute Gasteiger partial charge is 0.228 e. The third kappa shape index (κ3) is 5.06. The Bertz CT molecular complexity index is 860. The van der Waals surface area contributed by atoms with Crippen molar-refractivity contribution in [1.29, 1.82) is 0 Å². The summed E-state index contributed by atoms with van der Waals surface area (Å²) in [6.45, 7) is 2.00. The minimum absolute atomic E-state index is 0.0354. The summed E-state index contributed by atoms with van der Waals surface area (Å²) in [7, 11) is -2.89. The van der Waals surface area contributed by atoms with Crippen LogP contribution in [0.4, 0.5) is 11.4 Å². The topological polar surface area (TPSA) is 75.3 Å². The molecule has 1 heterocycles. The lowest BCUT2D eigenvalue weighted by Gasteiger charge is -2.13. The third-order valence-electron chi connectivity index (χ3n) is 4.22. The molecule has 1 amide bonds. The van der Waals surface area contributed by atoms with Crippen molar-refractivity contribution in [3.63, 3.8) is 0 Å². The molecule has 6 heteroatoms. The molecule has 0 radical (unpaired) electrons. The van der Waals surface area contributed by atoms with Crippen LogP contribution in [0.5, 0.6) is 0 Å². The summed E-state index contributed by atoms with van der Waals surface area (Å²) in [6.07, 6.45) is 0.971. The molecule has 0 bridgehead atoms. The second kappa shape index (κ2) is 7.27. The van der Waals surface area contributed by atoms with Crippen molar-refractivity contribution in [3.05, 3.63) is 59.7 Å². The number of anilines is 2. The van der Waals surface area contributed by atoms with Crippen molar-refractivity contribution in [2.45, 2.75) is 25.8 Å². The summed E-state index contributed by atoms with van der Waals surface area (Å²) in [4.78, 5) is 12.1. The summed E-state index contributed by atoms with van der Waals surface area (Å²) in [6, 6.07) is 15.2. The molecule has 0 aromatic heterocycles. The minimum atomic E-state index is -2.89. The SMILES string of the molecule is Cc1cccc(CC(=O)Nc2ccc(NC3CCS(=O)(=O)C3)cc2)c1. The zero-order valence-corrected chi connectivity index (χ0v) is 15.0. The van der Waals surface area contributed by atoms with Crippen molar-refractivity contribution in [3.8, 4) is 0 Å². The highest BCUT2D eigenvalue weighted by molar-refractivity contribution is 7.91. The molecule has 0 aliphatic carbocycles. The van der Waals surface area contributed by atoms with Crippen LogP contribution in [-0.2, 0) is 21.1 Å². The van der Waals surface area contributed by atoms with Crippen LogP contribution in [-0.4, -0.2) is 31.9 Å². The second-order valence-electron chi connectivity index (χ2n) is 6.54. The molecule has 132 valence electrons. The van der Waals surface area contributed by atoms with Crippen LogP contribution in [0.1, 0.15) is 17.5 Å². The van der Waals surface area contributed by atoms with Gasteiger partial charge in [-0.2, -0.15) is 0 Å². The highest BCUT2D eigenvalue weighted by Gasteiger charge is 2.27. The van der Waals surface area contributed by atoms with E-state index in [0.717, 1.165) is 22.5 Å². The van der Waals surface area contributed by atoms with Gasteiger partial charge in [-0.15, -0.1) is 0 Å². The molecule has 5 nitrogen and oxygen atoms in total. The van der Waals surface area contributed by atoms with Gasteiger partial charge in [-0.1, -0.05) is 29.8 Å². The maximum Gasteiger partial charge on any atom is 0.228 e.